The van der Waals surface area contributed by atoms with E-state index in [2.05, 4.69) is 0 Å². The van der Waals surface area contributed by atoms with E-state index >= 15 is 0 Å². The lowest BCUT2D eigenvalue weighted by Crippen LogP contribution is -2.60. The number of aliphatic hydroxyl groups excluding tert-OH is 1. The van der Waals surface area contributed by atoms with Crippen LogP contribution in [0.15, 0.2) is 24.3 Å². The van der Waals surface area contributed by atoms with Gasteiger partial charge in [0.1, 0.15) is 24.9 Å². The molecule has 1 aromatic carbocycles. The number of carbonyl (C=O) groups is 3. The molecule has 8 heteroatoms. The van der Waals surface area contributed by atoms with Gasteiger partial charge in [0.05, 0.1) is 16.2 Å². The van der Waals surface area contributed by atoms with Crippen LogP contribution in [0.5, 0.6) is 0 Å². The van der Waals surface area contributed by atoms with Crippen LogP contribution in [0.1, 0.15) is 79.5 Å². The Morgan fingerprint density at radius 2 is 1.28 bits per heavy atom. The largest absolute Gasteiger partial charge is 0.462 e. The Hall–Kier alpha value is -2.45. The molecule has 36 heavy (non-hydrogen) atoms. The Morgan fingerprint density at radius 1 is 0.806 bits per heavy atom. The van der Waals surface area contributed by atoms with Crippen molar-refractivity contribution in [2.45, 2.75) is 99.8 Å². The smallest absolute Gasteiger partial charge is 0.311 e. The Kier molecular flexibility index (Phi) is 9.01. The first kappa shape index (κ1) is 29.8. The number of benzene rings is 1. The van der Waals surface area contributed by atoms with Gasteiger partial charge >= 0.3 is 17.9 Å². The fourth-order valence-electron chi connectivity index (χ4n) is 3.48. The van der Waals surface area contributed by atoms with Crippen molar-refractivity contribution in [3.8, 4) is 0 Å². The molecular formula is C28H42O8. The summed E-state index contributed by atoms with van der Waals surface area (Å²) in [6, 6.07) is 7.37. The highest BCUT2D eigenvalue weighted by molar-refractivity contribution is 5.77. The zero-order chi connectivity index (χ0) is 27.6. The maximum Gasteiger partial charge on any atom is 0.311 e. The fourth-order valence-corrected chi connectivity index (χ4v) is 3.48. The van der Waals surface area contributed by atoms with Gasteiger partial charge in [-0.1, -0.05) is 24.3 Å². The molecule has 1 aliphatic heterocycles. The van der Waals surface area contributed by atoms with Gasteiger partial charge in [0.2, 0.25) is 0 Å². The molecule has 1 saturated heterocycles. The second-order valence-electron chi connectivity index (χ2n) is 12.5. The molecule has 5 atom stereocenters. The first-order valence-corrected chi connectivity index (χ1v) is 12.3. The topological polar surface area (TPSA) is 108 Å². The molecule has 0 radical (unpaired) electrons. The average molecular weight is 507 g/mol. The van der Waals surface area contributed by atoms with Gasteiger partial charge < -0.3 is 24.1 Å². The molecule has 1 fully saturated rings. The van der Waals surface area contributed by atoms with E-state index in [-0.39, 0.29) is 6.61 Å². The molecule has 0 saturated carbocycles. The van der Waals surface area contributed by atoms with Gasteiger partial charge in [0, 0.05) is 0 Å². The Balaban J connectivity index is 2.54. The molecule has 8 nitrogen and oxygen atoms in total. The SMILES string of the molecule is Cc1ccccc1[C@H]1O[C@H](COC(=O)C(C)(C)C)[C@@H](OC(=O)C(C)(C)C)[C@H](OC(=O)C(C)(C)C)[C@H]1O. The van der Waals surface area contributed by atoms with Crippen molar-refractivity contribution in [1.82, 2.24) is 0 Å². The molecule has 0 spiro atoms. The molecular weight excluding hydrogens is 464 g/mol. The predicted octanol–water partition coefficient (Wildman–Crippen LogP) is 4.30. The van der Waals surface area contributed by atoms with E-state index in [1.165, 1.54) is 0 Å². The number of aryl methyl sites for hydroxylation is 1. The van der Waals surface area contributed by atoms with Crippen molar-refractivity contribution in [1.29, 1.82) is 0 Å². The Morgan fingerprint density at radius 3 is 1.75 bits per heavy atom. The third-order valence-electron chi connectivity index (χ3n) is 5.86. The number of ether oxygens (including phenoxy) is 4. The molecule has 0 aromatic heterocycles. The first-order valence-electron chi connectivity index (χ1n) is 12.3. The summed E-state index contributed by atoms with van der Waals surface area (Å²) in [5, 5.41) is 11.4. The van der Waals surface area contributed by atoms with Crippen LogP contribution in [0.25, 0.3) is 0 Å². The monoisotopic (exact) mass is 506 g/mol. The predicted molar refractivity (Wildman–Crippen MR) is 134 cm³/mol. The van der Waals surface area contributed by atoms with Crippen LogP contribution in [0, 0.1) is 23.2 Å². The molecule has 202 valence electrons. The second-order valence-corrected chi connectivity index (χ2v) is 12.5. The van der Waals surface area contributed by atoms with Gasteiger partial charge in [-0.3, -0.25) is 14.4 Å². The first-order chi connectivity index (χ1) is 16.3. The number of rotatable bonds is 5. The number of carbonyl (C=O) groups excluding carboxylic acids is 3. The van der Waals surface area contributed by atoms with Crippen molar-refractivity contribution >= 4 is 17.9 Å². The Bertz CT molecular complexity index is 948. The van der Waals surface area contributed by atoms with Crippen molar-refractivity contribution in [2.75, 3.05) is 6.61 Å². The summed E-state index contributed by atoms with van der Waals surface area (Å²) < 4.78 is 23.4. The van der Waals surface area contributed by atoms with E-state index < -0.39 is 64.7 Å². The lowest BCUT2D eigenvalue weighted by Gasteiger charge is -2.45. The third kappa shape index (κ3) is 7.29. The highest BCUT2D eigenvalue weighted by Gasteiger charge is 2.52. The summed E-state index contributed by atoms with van der Waals surface area (Å²) in [5.74, 6) is -1.60. The normalized spacial score (nSPS) is 25.1. The van der Waals surface area contributed by atoms with Crippen molar-refractivity contribution < 1.29 is 38.4 Å². The number of hydrogen-bond acceptors (Lipinski definition) is 8. The Labute approximate surface area is 214 Å². The van der Waals surface area contributed by atoms with Crippen molar-refractivity contribution in [2.24, 2.45) is 16.2 Å². The van der Waals surface area contributed by atoms with Crippen LogP contribution in [0.3, 0.4) is 0 Å². The number of aliphatic hydroxyl groups is 1. The van der Waals surface area contributed by atoms with E-state index in [1.54, 1.807) is 62.3 Å². The summed E-state index contributed by atoms with van der Waals surface area (Å²) in [7, 11) is 0. The van der Waals surface area contributed by atoms with E-state index in [4.69, 9.17) is 18.9 Å². The van der Waals surface area contributed by atoms with E-state index in [0.717, 1.165) is 5.56 Å². The zero-order valence-corrected chi connectivity index (χ0v) is 23.2. The van der Waals surface area contributed by atoms with Gasteiger partial charge in [-0.15, -0.1) is 0 Å². The molecule has 2 rings (SSSR count). The van der Waals surface area contributed by atoms with Crippen LogP contribution in [-0.4, -0.2) is 54.0 Å². The summed E-state index contributed by atoms with van der Waals surface area (Å²) in [4.78, 5) is 38.4. The summed E-state index contributed by atoms with van der Waals surface area (Å²) in [6.45, 7) is 16.9. The second kappa shape index (κ2) is 10.9. The van der Waals surface area contributed by atoms with E-state index in [1.807, 2.05) is 31.2 Å². The molecule has 1 aliphatic rings. The van der Waals surface area contributed by atoms with Gasteiger partial charge in [0.25, 0.3) is 0 Å². The van der Waals surface area contributed by atoms with E-state index in [9.17, 15) is 19.5 Å². The standard InChI is InChI=1S/C28H42O8/c1-16-13-11-12-14-17(16)20-19(29)22(36-25(32)28(8,9)10)21(35-24(31)27(5,6)7)18(34-20)15-33-23(30)26(2,3)4/h11-14,18-22,29H,15H2,1-10H3/t18-,19+,20-,21-,22-/m1/s1. The molecule has 0 aliphatic carbocycles. The van der Waals surface area contributed by atoms with Gasteiger partial charge in [-0.05, 0) is 80.4 Å². The fraction of sp³-hybridized carbons (Fsp3) is 0.679. The lowest BCUT2D eigenvalue weighted by atomic mass is 9.88. The quantitative estimate of drug-likeness (QED) is 0.465. The molecule has 1 N–H and O–H groups in total. The number of hydrogen-bond donors (Lipinski definition) is 1. The third-order valence-corrected chi connectivity index (χ3v) is 5.86. The van der Waals surface area contributed by atoms with E-state index in [0.29, 0.717) is 5.56 Å². The van der Waals surface area contributed by atoms with Crippen molar-refractivity contribution in [3.63, 3.8) is 0 Å². The van der Waals surface area contributed by atoms with Gasteiger partial charge in [0.15, 0.2) is 12.2 Å². The minimum Gasteiger partial charge on any atom is -0.462 e. The van der Waals surface area contributed by atoms with Crippen LogP contribution < -0.4 is 0 Å². The molecule has 0 bridgehead atoms. The minimum atomic E-state index is -1.34. The van der Waals surface area contributed by atoms with Gasteiger partial charge in [-0.25, -0.2) is 0 Å². The van der Waals surface area contributed by atoms with Gasteiger partial charge in [-0.2, -0.15) is 0 Å². The molecule has 1 heterocycles. The maximum absolute atomic E-state index is 12.9. The van der Waals surface area contributed by atoms with Crippen LogP contribution in [0.2, 0.25) is 0 Å². The van der Waals surface area contributed by atoms with Crippen LogP contribution >= 0.6 is 0 Å². The summed E-state index contributed by atoms with van der Waals surface area (Å²) >= 11 is 0. The maximum atomic E-state index is 12.9. The molecule has 0 unspecified atom stereocenters. The minimum absolute atomic E-state index is 0.253. The van der Waals surface area contributed by atoms with Crippen LogP contribution in [0.4, 0.5) is 0 Å². The number of esters is 3. The van der Waals surface area contributed by atoms with Crippen LogP contribution in [-0.2, 0) is 33.3 Å². The average Bonchev–Trinajstić information content (AvgIpc) is 2.73. The summed E-state index contributed by atoms with van der Waals surface area (Å²) in [5.41, 5.74) is -0.960. The highest BCUT2D eigenvalue weighted by Crippen LogP contribution is 2.38. The zero-order valence-electron chi connectivity index (χ0n) is 23.2. The van der Waals surface area contributed by atoms with Crippen molar-refractivity contribution in [3.05, 3.63) is 35.4 Å². The molecule has 1 aromatic rings. The summed E-state index contributed by atoms with van der Waals surface area (Å²) in [6.07, 6.45) is -5.70. The lowest BCUT2D eigenvalue weighted by molar-refractivity contribution is -0.255. The molecule has 0 amide bonds. The highest BCUT2D eigenvalue weighted by atomic mass is 16.6.